The van der Waals surface area contributed by atoms with Crippen molar-refractivity contribution in [2.45, 2.75) is 13.5 Å². The number of nitrogens with zero attached hydrogens (tertiary/aromatic N) is 1. The van der Waals surface area contributed by atoms with Gasteiger partial charge in [0.25, 0.3) is 0 Å². The van der Waals surface area contributed by atoms with Gasteiger partial charge < -0.3 is 5.11 Å². The molecule has 1 heterocycles. The molecule has 0 aromatic carbocycles. The minimum Gasteiger partial charge on any atom is -0.505 e. The Morgan fingerprint density at radius 3 is 2.93 bits per heavy atom. The van der Waals surface area contributed by atoms with Crippen LogP contribution in [0.4, 0.5) is 0 Å². The predicted octanol–water partition coefficient (Wildman–Crippen LogP) is 1.04. The van der Waals surface area contributed by atoms with E-state index in [0.717, 1.165) is 0 Å². The minimum atomic E-state index is -2.23. The highest BCUT2D eigenvalue weighted by Gasteiger charge is 2.15. The molecule has 0 aliphatic heterocycles. The van der Waals surface area contributed by atoms with Crippen LogP contribution in [-0.2, 0) is 15.7 Å². The summed E-state index contributed by atoms with van der Waals surface area (Å²) in [5.74, 6) is -0.196. The highest BCUT2D eigenvalue weighted by Crippen LogP contribution is 2.24. The maximum absolute atomic E-state index is 10.7. The van der Waals surface area contributed by atoms with Crippen molar-refractivity contribution in [3.05, 3.63) is 23.0 Å². The van der Waals surface area contributed by atoms with Crippen LogP contribution in [0.2, 0.25) is 0 Å². The number of aryl methyl sites for hydroxylation is 1. The van der Waals surface area contributed by atoms with Crippen molar-refractivity contribution in [3.8, 4) is 5.75 Å². The molecule has 1 unspecified atom stereocenters. The maximum Gasteiger partial charge on any atom is 0.610 e. The van der Waals surface area contributed by atoms with Gasteiger partial charge in [0.2, 0.25) is 0 Å². The van der Waals surface area contributed by atoms with Gasteiger partial charge in [-0.1, -0.05) is 5.50 Å². The third-order valence-electron chi connectivity index (χ3n) is 1.82. The molecule has 1 aromatic heterocycles. The minimum absolute atomic E-state index is 0.0827. The first-order valence-electron chi connectivity index (χ1n) is 4.03. The molecule has 1 aromatic rings. The number of aromatic nitrogens is 1. The summed E-state index contributed by atoms with van der Waals surface area (Å²) in [4.78, 5) is 14.5. The molecule has 0 saturated heterocycles. The number of pyridine rings is 1. The van der Waals surface area contributed by atoms with E-state index in [2.05, 4.69) is 9.51 Å². The van der Waals surface area contributed by atoms with Crippen LogP contribution >= 0.6 is 8.18 Å². The summed E-state index contributed by atoms with van der Waals surface area (Å²) in [6, 6.07) is 0. The smallest absolute Gasteiger partial charge is 0.505 e. The lowest BCUT2D eigenvalue weighted by atomic mass is 10.1. The van der Waals surface area contributed by atoms with Crippen molar-refractivity contribution in [2.75, 3.05) is 0 Å². The van der Waals surface area contributed by atoms with Gasteiger partial charge in [-0.25, -0.2) is 0 Å². The second kappa shape index (κ2) is 4.93. The molecular formula is C8H10N2O4P+. The Morgan fingerprint density at radius 1 is 1.73 bits per heavy atom. The van der Waals surface area contributed by atoms with Crippen molar-refractivity contribution < 1.29 is 19.0 Å². The Morgan fingerprint density at radius 2 is 2.40 bits per heavy atom. The average Bonchev–Trinajstić information content (AvgIpc) is 2.19. The number of hydrogen-bond donors (Lipinski definition) is 2. The average molecular weight is 229 g/mol. The summed E-state index contributed by atoms with van der Waals surface area (Å²) in [7, 11) is -2.23. The zero-order valence-electron chi connectivity index (χ0n) is 8.01. The van der Waals surface area contributed by atoms with E-state index in [9.17, 15) is 14.5 Å². The van der Waals surface area contributed by atoms with Gasteiger partial charge in [-0.2, -0.15) is 0 Å². The Bertz CT molecular complexity index is 408. The van der Waals surface area contributed by atoms with Gasteiger partial charge in [-0.05, 0) is 11.5 Å². The molecule has 0 bridgehead atoms. The fourth-order valence-electron chi connectivity index (χ4n) is 1.03. The topological polar surface area (TPSA) is 103 Å². The van der Waals surface area contributed by atoms with Crippen LogP contribution in [0.25, 0.3) is 0 Å². The number of aldehydes is 1. The molecule has 1 rings (SSSR count). The second-order valence-corrected chi connectivity index (χ2v) is 3.64. The molecule has 3 N–H and O–H groups in total. The van der Waals surface area contributed by atoms with Crippen molar-refractivity contribution >= 4 is 14.5 Å². The molecule has 7 heteroatoms. The first-order chi connectivity index (χ1) is 7.06. The fourth-order valence-corrected chi connectivity index (χ4v) is 1.30. The quantitative estimate of drug-likeness (QED) is 0.590. The molecule has 80 valence electrons. The first-order valence-corrected chi connectivity index (χ1v) is 5.28. The van der Waals surface area contributed by atoms with Crippen LogP contribution in [0, 0.1) is 6.92 Å². The lowest BCUT2D eigenvalue weighted by molar-refractivity contribution is 0.111. The van der Waals surface area contributed by atoms with E-state index in [1.165, 1.54) is 6.20 Å². The number of rotatable bonds is 4. The van der Waals surface area contributed by atoms with Gasteiger partial charge in [0.15, 0.2) is 6.29 Å². The molecule has 0 spiro atoms. The number of carbonyl (C=O) groups is 1. The summed E-state index contributed by atoms with van der Waals surface area (Å²) in [5, 5.41) is 9.49. The normalized spacial score (nSPS) is 11.2. The summed E-state index contributed by atoms with van der Waals surface area (Å²) >= 11 is 0. The van der Waals surface area contributed by atoms with Crippen LogP contribution in [0.1, 0.15) is 21.6 Å². The van der Waals surface area contributed by atoms with Gasteiger partial charge in [-0.3, -0.25) is 9.78 Å². The summed E-state index contributed by atoms with van der Waals surface area (Å²) < 4.78 is 15.1. The lowest BCUT2D eigenvalue weighted by Crippen LogP contribution is -1.99. The largest absolute Gasteiger partial charge is 0.610 e. The number of carbonyl (C=O) groups excluding carboxylic acids is 1. The van der Waals surface area contributed by atoms with Crippen molar-refractivity contribution in [3.63, 3.8) is 0 Å². The molecule has 1 atom stereocenters. The Labute approximate surface area is 87.0 Å². The predicted molar refractivity (Wildman–Crippen MR) is 52.6 cm³/mol. The molecule has 6 nitrogen and oxygen atoms in total. The number of aromatic hydroxyl groups is 1. The van der Waals surface area contributed by atoms with Crippen LogP contribution in [0.5, 0.6) is 5.75 Å². The second-order valence-electron chi connectivity index (χ2n) is 2.81. The number of hydrogen-bond acceptors (Lipinski definition) is 5. The summed E-state index contributed by atoms with van der Waals surface area (Å²) in [5.41, 5.74) is 5.69. The molecule has 0 radical (unpaired) electrons. The van der Waals surface area contributed by atoms with E-state index in [-0.39, 0.29) is 17.9 Å². The van der Waals surface area contributed by atoms with Crippen molar-refractivity contribution in [2.24, 2.45) is 5.50 Å². The zero-order chi connectivity index (χ0) is 11.4. The van der Waals surface area contributed by atoms with Crippen molar-refractivity contribution in [1.29, 1.82) is 0 Å². The Hall–Kier alpha value is -1.36. The monoisotopic (exact) mass is 229 g/mol. The van der Waals surface area contributed by atoms with Gasteiger partial charge in [0, 0.05) is 11.8 Å². The summed E-state index contributed by atoms with van der Waals surface area (Å²) in [6.45, 7) is 1.44. The van der Waals surface area contributed by atoms with Gasteiger partial charge in [-0.15, -0.1) is 4.52 Å². The Kier molecular flexibility index (Phi) is 3.85. The molecule has 0 aliphatic rings. The van der Waals surface area contributed by atoms with E-state index >= 15 is 0 Å². The van der Waals surface area contributed by atoms with E-state index in [1.54, 1.807) is 6.92 Å². The van der Waals surface area contributed by atoms with E-state index < -0.39 is 8.18 Å². The van der Waals surface area contributed by atoms with Crippen LogP contribution < -0.4 is 5.50 Å². The molecule has 0 aliphatic carbocycles. The third kappa shape index (κ3) is 2.79. The standard InChI is InChI=1S/C8H9N2O4P/c1-5-8(12)7(3-11)6(2-10-5)4-14-15(9)13/h2-3H,4H2,1H3,(H2-,9,11,12,13)/p+1. The van der Waals surface area contributed by atoms with E-state index in [4.69, 9.17) is 5.50 Å². The van der Waals surface area contributed by atoms with E-state index in [0.29, 0.717) is 17.5 Å². The number of nitrogens with two attached hydrogens (primary N) is 1. The van der Waals surface area contributed by atoms with Gasteiger partial charge in [0.1, 0.15) is 12.4 Å². The highest BCUT2D eigenvalue weighted by atomic mass is 31.1. The molecule has 0 saturated carbocycles. The molecule has 0 amide bonds. The lowest BCUT2D eigenvalue weighted by Gasteiger charge is -2.04. The van der Waals surface area contributed by atoms with Crippen LogP contribution in [0.3, 0.4) is 0 Å². The first kappa shape index (κ1) is 11.7. The van der Waals surface area contributed by atoms with Crippen molar-refractivity contribution in [1.82, 2.24) is 4.98 Å². The molecular weight excluding hydrogens is 219 g/mol. The maximum atomic E-state index is 10.7. The van der Waals surface area contributed by atoms with E-state index in [1.807, 2.05) is 0 Å². The highest BCUT2D eigenvalue weighted by molar-refractivity contribution is 7.36. The molecule has 0 fully saturated rings. The summed E-state index contributed by atoms with van der Waals surface area (Å²) in [6.07, 6.45) is 1.86. The van der Waals surface area contributed by atoms with Crippen LogP contribution in [-0.4, -0.2) is 16.4 Å². The third-order valence-corrected chi connectivity index (χ3v) is 2.21. The Balaban J connectivity index is 3.02. The SMILES string of the molecule is Cc1ncc(CO[P+](N)=O)c(C=O)c1O. The fraction of sp³-hybridized carbons (Fsp3) is 0.250. The molecule has 15 heavy (non-hydrogen) atoms. The zero-order valence-corrected chi connectivity index (χ0v) is 8.90. The van der Waals surface area contributed by atoms with Crippen LogP contribution in [0.15, 0.2) is 6.20 Å². The van der Waals surface area contributed by atoms with Gasteiger partial charge in [0.05, 0.1) is 11.3 Å². The van der Waals surface area contributed by atoms with Gasteiger partial charge >= 0.3 is 8.18 Å².